The topological polar surface area (TPSA) is 38.9 Å². The molecule has 0 saturated heterocycles. The van der Waals surface area contributed by atoms with Gasteiger partial charge in [-0.05, 0) is 23.1 Å². The summed E-state index contributed by atoms with van der Waals surface area (Å²) < 4.78 is 1.16. The molecule has 0 aliphatic heterocycles. The van der Waals surface area contributed by atoms with Gasteiger partial charge in [0.2, 0.25) is 0 Å². The van der Waals surface area contributed by atoms with E-state index in [0.717, 1.165) is 10.2 Å². The summed E-state index contributed by atoms with van der Waals surface area (Å²) in [6.07, 6.45) is 0. The molecule has 1 heterocycles. The Hall–Kier alpha value is -1.09. The van der Waals surface area contributed by atoms with E-state index >= 15 is 0 Å². The molecule has 74 valence electrons. The van der Waals surface area contributed by atoms with E-state index in [-0.39, 0.29) is 5.41 Å². The smallest absolute Gasteiger partial charge is 0.181 e. The van der Waals surface area contributed by atoms with E-state index < -0.39 is 0 Å². The van der Waals surface area contributed by atoms with E-state index in [1.807, 2.05) is 0 Å². The van der Waals surface area contributed by atoms with Gasteiger partial charge in [0.05, 0.1) is 10.2 Å². The number of nitrogens with zero attached hydrogens (tertiary/aromatic N) is 1. The SMILES string of the molecule is CC(C)(C)c1ccc2sc(N)nc2c1. The van der Waals surface area contributed by atoms with Gasteiger partial charge in [-0.3, -0.25) is 0 Å². The number of nitrogen functional groups attached to an aromatic ring is 1. The largest absolute Gasteiger partial charge is 0.375 e. The molecular weight excluding hydrogens is 192 g/mol. The van der Waals surface area contributed by atoms with Crippen LogP contribution in [0.25, 0.3) is 10.2 Å². The maximum atomic E-state index is 5.66. The minimum atomic E-state index is 0.173. The van der Waals surface area contributed by atoms with Gasteiger partial charge in [-0.25, -0.2) is 4.98 Å². The molecule has 2 nitrogen and oxygen atoms in total. The molecule has 1 aromatic carbocycles. The van der Waals surface area contributed by atoms with Crippen LogP contribution in [0.5, 0.6) is 0 Å². The molecule has 2 aromatic rings. The summed E-state index contributed by atoms with van der Waals surface area (Å²) in [5.74, 6) is 0. The monoisotopic (exact) mass is 206 g/mol. The first-order chi connectivity index (χ1) is 6.47. The predicted octanol–water partition coefficient (Wildman–Crippen LogP) is 3.18. The van der Waals surface area contributed by atoms with Gasteiger partial charge in [0, 0.05) is 0 Å². The zero-order chi connectivity index (χ0) is 10.3. The zero-order valence-corrected chi connectivity index (χ0v) is 9.48. The fourth-order valence-electron chi connectivity index (χ4n) is 1.41. The van der Waals surface area contributed by atoms with Crippen molar-refractivity contribution in [1.82, 2.24) is 4.98 Å². The third-order valence-corrected chi connectivity index (χ3v) is 3.14. The highest BCUT2D eigenvalue weighted by atomic mass is 32.1. The van der Waals surface area contributed by atoms with Crippen molar-refractivity contribution in [2.75, 3.05) is 5.73 Å². The minimum Gasteiger partial charge on any atom is -0.375 e. The Kier molecular flexibility index (Phi) is 2.00. The molecule has 0 aliphatic rings. The van der Waals surface area contributed by atoms with Crippen molar-refractivity contribution in [2.24, 2.45) is 0 Å². The van der Waals surface area contributed by atoms with Gasteiger partial charge >= 0.3 is 0 Å². The fraction of sp³-hybridized carbons (Fsp3) is 0.364. The third kappa shape index (κ3) is 1.60. The quantitative estimate of drug-likeness (QED) is 0.719. The molecule has 0 aliphatic carbocycles. The maximum absolute atomic E-state index is 5.66. The zero-order valence-electron chi connectivity index (χ0n) is 8.66. The van der Waals surface area contributed by atoms with Crippen LogP contribution in [-0.4, -0.2) is 4.98 Å². The molecule has 14 heavy (non-hydrogen) atoms. The van der Waals surface area contributed by atoms with Gasteiger partial charge in [0.25, 0.3) is 0 Å². The summed E-state index contributed by atoms with van der Waals surface area (Å²) in [6.45, 7) is 6.59. The number of anilines is 1. The van der Waals surface area contributed by atoms with E-state index in [1.54, 1.807) is 0 Å². The third-order valence-electron chi connectivity index (χ3n) is 2.27. The minimum absolute atomic E-state index is 0.173. The van der Waals surface area contributed by atoms with Crippen LogP contribution in [-0.2, 0) is 5.41 Å². The number of benzene rings is 1. The lowest BCUT2D eigenvalue weighted by molar-refractivity contribution is 0.591. The predicted molar refractivity (Wildman–Crippen MR) is 62.7 cm³/mol. The second-order valence-electron chi connectivity index (χ2n) is 4.48. The standard InChI is InChI=1S/C11H14N2S/c1-11(2,3)7-4-5-9-8(6-7)13-10(12)14-9/h4-6H,1-3H3,(H2,12,13). The van der Waals surface area contributed by atoms with Crippen molar-refractivity contribution in [3.8, 4) is 0 Å². The molecule has 3 heteroatoms. The lowest BCUT2D eigenvalue weighted by atomic mass is 9.87. The molecule has 0 fully saturated rings. The molecule has 0 unspecified atom stereocenters. The molecule has 1 aromatic heterocycles. The number of hydrogen-bond donors (Lipinski definition) is 1. The van der Waals surface area contributed by atoms with E-state index in [2.05, 4.69) is 44.0 Å². The summed E-state index contributed by atoms with van der Waals surface area (Å²) >= 11 is 1.54. The normalized spacial score (nSPS) is 12.2. The Labute approximate surface area is 87.8 Å². The van der Waals surface area contributed by atoms with Gasteiger partial charge < -0.3 is 5.73 Å². The van der Waals surface area contributed by atoms with Crippen molar-refractivity contribution in [3.63, 3.8) is 0 Å². The van der Waals surface area contributed by atoms with Gasteiger partial charge in [0.1, 0.15) is 0 Å². The van der Waals surface area contributed by atoms with Crippen molar-refractivity contribution in [2.45, 2.75) is 26.2 Å². The van der Waals surface area contributed by atoms with Crippen molar-refractivity contribution >= 4 is 26.7 Å². The summed E-state index contributed by atoms with van der Waals surface area (Å²) in [7, 11) is 0. The van der Waals surface area contributed by atoms with Crippen LogP contribution in [0.4, 0.5) is 5.13 Å². The Bertz CT molecular complexity index is 466. The lowest BCUT2D eigenvalue weighted by Gasteiger charge is -2.18. The lowest BCUT2D eigenvalue weighted by Crippen LogP contribution is -2.10. The van der Waals surface area contributed by atoms with Crippen LogP contribution in [0.15, 0.2) is 18.2 Å². The summed E-state index contributed by atoms with van der Waals surface area (Å²) in [5.41, 5.74) is 8.15. The van der Waals surface area contributed by atoms with Crippen molar-refractivity contribution in [3.05, 3.63) is 23.8 Å². The first-order valence-corrected chi connectivity index (χ1v) is 5.45. The summed E-state index contributed by atoms with van der Waals surface area (Å²) in [6, 6.07) is 6.38. The molecular formula is C11H14N2S. The Balaban J connectivity index is 2.62. The fourth-order valence-corrected chi connectivity index (χ4v) is 2.13. The van der Waals surface area contributed by atoms with E-state index in [4.69, 9.17) is 5.73 Å². The first kappa shape index (κ1) is 9.46. The second kappa shape index (κ2) is 2.95. The highest BCUT2D eigenvalue weighted by Gasteiger charge is 2.14. The van der Waals surface area contributed by atoms with Gasteiger partial charge in [-0.15, -0.1) is 0 Å². The molecule has 0 saturated carbocycles. The molecule has 0 spiro atoms. The Morgan fingerprint density at radius 2 is 2.00 bits per heavy atom. The van der Waals surface area contributed by atoms with E-state index in [0.29, 0.717) is 5.13 Å². The highest BCUT2D eigenvalue weighted by molar-refractivity contribution is 7.22. The number of aromatic nitrogens is 1. The van der Waals surface area contributed by atoms with Gasteiger partial charge in [-0.1, -0.05) is 38.2 Å². The van der Waals surface area contributed by atoms with Crippen LogP contribution in [0.1, 0.15) is 26.3 Å². The number of fused-ring (bicyclic) bond motifs is 1. The molecule has 0 atom stereocenters. The van der Waals surface area contributed by atoms with Crippen molar-refractivity contribution < 1.29 is 0 Å². The Morgan fingerprint density at radius 3 is 2.64 bits per heavy atom. The number of rotatable bonds is 0. The van der Waals surface area contributed by atoms with Crippen LogP contribution < -0.4 is 5.73 Å². The highest BCUT2D eigenvalue weighted by Crippen LogP contribution is 2.29. The first-order valence-electron chi connectivity index (χ1n) is 4.63. The van der Waals surface area contributed by atoms with Crippen LogP contribution in [0.3, 0.4) is 0 Å². The van der Waals surface area contributed by atoms with Gasteiger partial charge in [-0.2, -0.15) is 0 Å². The Morgan fingerprint density at radius 1 is 1.29 bits per heavy atom. The van der Waals surface area contributed by atoms with E-state index in [1.165, 1.54) is 16.9 Å². The molecule has 0 amide bonds. The average Bonchev–Trinajstić information content (AvgIpc) is 2.41. The number of thiazole rings is 1. The molecule has 0 bridgehead atoms. The van der Waals surface area contributed by atoms with Crippen LogP contribution >= 0.6 is 11.3 Å². The number of nitrogens with two attached hydrogens (primary N) is 1. The molecule has 0 radical (unpaired) electrons. The average molecular weight is 206 g/mol. The van der Waals surface area contributed by atoms with Crippen LogP contribution in [0, 0.1) is 0 Å². The molecule has 2 N–H and O–H groups in total. The molecule has 2 rings (SSSR count). The maximum Gasteiger partial charge on any atom is 0.181 e. The number of hydrogen-bond acceptors (Lipinski definition) is 3. The summed E-state index contributed by atoms with van der Waals surface area (Å²) in [5, 5.41) is 0.644. The van der Waals surface area contributed by atoms with Crippen LogP contribution in [0.2, 0.25) is 0 Å². The van der Waals surface area contributed by atoms with Crippen molar-refractivity contribution in [1.29, 1.82) is 0 Å². The summed E-state index contributed by atoms with van der Waals surface area (Å²) in [4.78, 5) is 4.28. The second-order valence-corrected chi connectivity index (χ2v) is 5.55. The van der Waals surface area contributed by atoms with E-state index in [9.17, 15) is 0 Å². The van der Waals surface area contributed by atoms with Gasteiger partial charge in [0.15, 0.2) is 5.13 Å².